The highest BCUT2D eigenvalue weighted by Crippen LogP contribution is 2.32. The van der Waals surface area contributed by atoms with Gasteiger partial charge in [0.15, 0.2) is 5.16 Å². The molecule has 1 aliphatic rings. The number of hydrogen-bond acceptors (Lipinski definition) is 5. The summed E-state index contributed by atoms with van der Waals surface area (Å²) in [6.07, 6.45) is 2.01. The smallest absolute Gasteiger partial charge is 0.267 e. The third kappa shape index (κ3) is 3.40. The van der Waals surface area contributed by atoms with Crippen LogP contribution in [0.5, 0.6) is 0 Å². The van der Waals surface area contributed by atoms with Gasteiger partial charge in [-0.05, 0) is 26.0 Å². The van der Waals surface area contributed by atoms with E-state index >= 15 is 0 Å². The molecule has 0 saturated carbocycles. The van der Waals surface area contributed by atoms with Gasteiger partial charge in [0, 0.05) is 30.1 Å². The summed E-state index contributed by atoms with van der Waals surface area (Å²) in [7, 11) is 0. The van der Waals surface area contributed by atoms with Gasteiger partial charge in [0.25, 0.3) is 5.56 Å². The second kappa shape index (κ2) is 7.03. The van der Waals surface area contributed by atoms with Crippen LogP contribution in [0.25, 0.3) is 11.3 Å². The quantitative estimate of drug-likeness (QED) is 0.751. The molecular formula is C19H19N5O2S. The number of aromatic nitrogens is 4. The summed E-state index contributed by atoms with van der Waals surface area (Å²) in [5.74, 6) is 0.736. The van der Waals surface area contributed by atoms with E-state index in [9.17, 15) is 9.59 Å². The summed E-state index contributed by atoms with van der Waals surface area (Å²) >= 11 is 1.73. The number of amides is 1. The van der Waals surface area contributed by atoms with Crippen LogP contribution in [0.15, 0.2) is 52.5 Å². The van der Waals surface area contributed by atoms with Gasteiger partial charge < -0.3 is 9.88 Å². The van der Waals surface area contributed by atoms with Gasteiger partial charge in [0.2, 0.25) is 5.91 Å². The van der Waals surface area contributed by atoms with Crippen molar-refractivity contribution in [2.24, 2.45) is 0 Å². The summed E-state index contributed by atoms with van der Waals surface area (Å²) in [5, 5.41) is 8.09. The minimum absolute atomic E-state index is 0.302. The molecule has 1 unspecified atom stereocenters. The maximum Gasteiger partial charge on any atom is 0.267 e. The van der Waals surface area contributed by atoms with Crippen LogP contribution in [0.1, 0.15) is 18.7 Å². The number of carbonyl (C=O) groups excluding carboxylic acids is 1. The highest BCUT2D eigenvalue weighted by molar-refractivity contribution is 7.99. The van der Waals surface area contributed by atoms with E-state index in [-0.39, 0.29) is 11.5 Å². The van der Waals surface area contributed by atoms with Crippen LogP contribution < -0.4 is 10.9 Å². The van der Waals surface area contributed by atoms with Gasteiger partial charge in [-0.15, -0.1) is 0 Å². The predicted octanol–water partition coefficient (Wildman–Crippen LogP) is 2.72. The Morgan fingerprint density at radius 2 is 2.07 bits per heavy atom. The molecule has 0 bridgehead atoms. The fraction of sp³-hybridized carbons (Fsp3) is 0.263. The molecule has 2 aromatic heterocycles. The molecule has 27 heavy (non-hydrogen) atoms. The number of anilines is 1. The Bertz CT molecular complexity index is 1050. The number of hydrogen-bond donors (Lipinski definition) is 1. The fourth-order valence-corrected chi connectivity index (χ4v) is 3.94. The van der Waals surface area contributed by atoms with E-state index in [1.165, 1.54) is 10.7 Å². The van der Waals surface area contributed by atoms with Crippen LogP contribution >= 0.6 is 11.8 Å². The van der Waals surface area contributed by atoms with Gasteiger partial charge >= 0.3 is 0 Å². The number of nitrogens with one attached hydrogen (secondary N) is 1. The van der Waals surface area contributed by atoms with Gasteiger partial charge in [-0.2, -0.15) is 5.10 Å². The largest absolute Gasteiger partial charge is 0.325 e. The number of benzene rings is 1. The van der Waals surface area contributed by atoms with Crippen molar-refractivity contribution in [1.29, 1.82) is 0 Å². The summed E-state index contributed by atoms with van der Waals surface area (Å²) in [4.78, 5) is 29.5. The van der Waals surface area contributed by atoms with E-state index in [0.29, 0.717) is 11.4 Å². The molecule has 0 fully saturated rings. The molecule has 3 aromatic rings. The number of fused-ring (bicyclic) bond motifs is 1. The lowest BCUT2D eigenvalue weighted by atomic mass is 10.1. The van der Waals surface area contributed by atoms with Crippen molar-refractivity contribution in [2.75, 3.05) is 11.1 Å². The van der Waals surface area contributed by atoms with E-state index in [1.54, 1.807) is 31.7 Å². The number of aryl methyl sites for hydroxylation is 2. The van der Waals surface area contributed by atoms with E-state index in [2.05, 4.69) is 20.0 Å². The highest BCUT2D eigenvalue weighted by atomic mass is 32.2. The second-order valence-corrected chi connectivity index (χ2v) is 7.48. The number of nitrogens with zero attached hydrogens (tertiary/aromatic N) is 4. The first kappa shape index (κ1) is 17.5. The molecule has 4 rings (SSSR count). The standard InChI is InChI=1S/C19H19N5O2S/c1-12-7-8-17(25)24(22-12)13(2)18(26)20-15-6-4-3-5-14(15)16-11-23-9-10-27-19(23)21-16/h3-8,11,13H,9-10H2,1-2H3,(H,20,26). The molecule has 1 amide bonds. The molecule has 1 aliphatic heterocycles. The Kier molecular flexibility index (Phi) is 4.57. The van der Waals surface area contributed by atoms with E-state index < -0.39 is 6.04 Å². The van der Waals surface area contributed by atoms with Gasteiger partial charge in [-0.25, -0.2) is 9.67 Å². The number of thioether (sulfide) groups is 1. The van der Waals surface area contributed by atoms with Crippen LogP contribution in [0, 0.1) is 6.92 Å². The normalized spacial score (nSPS) is 14.0. The molecule has 3 heterocycles. The number of para-hydroxylation sites is 1. The zero-order valence-corrected chi connectivity index (χ0v) is 15.9. The molecule has 138 valence electrons. The van der Waals surface area contributed by atoms with Crippen molar-refractivity contribution < 1.29 is 4.79 Å². The Hall–Kier alpha value is -2.87. The van der Waals surface area contributed by atoms with E-state index in [0.717, 1.165) is 28.7 Å². The van der Waals surface area contributed by atoms with Crippen LogP contribution in [0.3, 0.4) is 0 Å². The zero-order valence-electron chi connectivity index (χ0n) is 15.0. The van der Waals surface area contributed by atoms with Crippen molar-refractivity contribution in [1.82, 2.24) is 19.3 Å². The van der Waals surface area contributed by atoms with Crippen molar-refractivity contribution in [2.45, 2.75) is 31.6 Å². The van der Waals surface area contributed by atoms with E-state index in [1.807, 2.05) is 30.5 Å². The molecule has 1 atom stereocenters. The molecule has 0 spiro atoms. The molecule has 0 saturated heterocycles. The topological polar surface area (TPSA) is 81.8 Å². The second-order valence-electron chi connectivity index (χ2n) is 6.42. The predicted molar refractivity (Wildman–Crippen MR) is 105 cm³/mol. The van der Waals surface area contributed by atoms with Crippen LogP contribution in [-0.4, -0.2) is 31.0 Å². The first-order chi connectivity index (χ1) is 13.0. The lowest BCUT2D eigenvalue weighted by Crippen LogP contribution is -2.33. The third-order valence-electron chi connectivity index (χ3n) is 4.47. The maximum atomic E-state index is 12.8. The van der Waals surface area contributed by atoms with Crippen molar-refractivity contribution in [3.8, 4) is 11.3 Å². The first-order valence-corrected chi connectivity index (χ1v) is 9.68. The molecule has 0 aliphatic carbocycles. The maximum absolute atomic E-state index is 12.8. The lowest BCUT2D eigenvalue weighted by molar-refractivity contribution is -0.119. The summed E-state index contributed by atoms with van der Waals surface area (Å²) in [6.45, 7) is 4.39. The van der Waals surface area contributed by atoms with Crippen molar-refractivity contribution >= 4 is 23.4 Å². The zero-order chi connectivity index (χ0) is 19.0. The van der Waals surface area contributed by atoms with Crippen molar-refractivity contribution in [3.63, 3.8) is 0 Å². The van der Waals surface area contributed by atoms with Crippen LogP contribution in [-0.2, 0) is 11.3 Å². The molecule has 8 heteroatoms. The first-order valence-electron chi connectivity index (χ1n) is 8.69. The molecule has 1 aromatic carbocycles. The van der Waals surface area contributed by atoms with Gasteiger partial charge in [0.1, 0.15) is 6.04 Å². The molecule has 7 nitrogen and oxygen atoms in total. The van der Waals surface area contributed by atoms with Crippen LogP contribution in [0.4, 0.5) is 5.69 Å². The average Bonchev–Trinajstić information content (AvgIpc) is 3.25. The minimum Gasteiger partial charge on any atom is -0.325 e. The lowest BCUT2D eigenvalue weighted by Gasteiger charge is -2.16. The van der Waals surface area contributed by atoms with Gasteiger partial charge in [-0.1, -0.05) is 30.0 Å². The Morgan fingerprint density at radius 3 is 2.89 bits per heavy atom. The summed E-state index contributed by atoms with van der Waals surface area (Å²) < 4.78 is 3.33. The monoisotopic (exact) mass is 381 g/mol. The Labute approximate surface area is 160 Å². The van der Waals surface area contributed by atoms with Gasteiger partial charge in [0.05, 0.1) is 17.1 Å². The Balaban J connectivity index is 1.62. The fourth-order valence-electron chi connectivity index (χ4n) is 3.00. The number of carbonyl (C=O) groups is 1. The summed E-state index contributed by atoms with van der Waals surface area (Å²) in [6, 6.07) is 9.87. The summed E-state index contributed by atoms with van der Waals surface area (Å²) in [5.41, 5.74) is 2.72. The van der Waals surface area contributed by atoms with E-state index in [4.69, 9.17) is 0 Å². The SMILES string of the molecule is Cc1ccc(=O)n(C(C)C(=O)Nc2ccccc2-c2cn3c(n2)SCC3)n1. The van der Waals surface area contributed by atoms with Crippen LogP contribution in [0.2, 0.25) is 0 Å². The van der Waals surface area contributed by atoms with Crippen molar-refractivity contribution in [3.05, 3.63) is 58.6 Å². The number of rotatable bonds is 4. The Morgan fingerprint density at radius 1 is 1.26 bits per heavy atom. The highest BCUT2D eigenvalue weighted by Gasteiger charge is 2.21. The molecular weight excluding hydrogens is 362 g/mol. The third-order valence-corrected chi connectivity index (χ3v) is 5.44. The molecule has 1 N–H and O–H groups in total. The molecule has 0 radical (unpaired) electrons. The average molecular weight is 381 g/mol. The number of imidazole rings is 1. The van der Waals surface area contributed by atoms with Gasteiger partial charge in [-0.3, -0.25) is 9.59 Å². The minimum atomic E-state index is -0.729.